The molecule has 2 nitrogen and oxygen atoms in total. The molecule has 0 bridgehead atoms. The first-order valence-corrected chi connectivity index (χ1v) is 8.84. The van der Waals surface area contributed by atoms with E-state index in [0.717, 1.165) is 6.42 Å². The Morgan fingerprint density at radius 1 is 1.20 bits per heavy atom. The van der Waals surface area contributed by atoms with Crippen LogP contribution in [0.2, 0.25) is 0 Å². The van der Waals surface area contributed by atoms with Gasteiger partial charge in [-0.05, 0) is 24.8 Å². The van der Waals surface area contributed by atoms with E-state index < -0.39 is 0 Å². The Hall–Kier alpha value is -0.960. The second-order valence-corrected chi connectivity index (χ2v) is 6.99. The van der Waals surface area contributed by atoms with Gasteiger partial charge in [0.1, 0.15) is 0 Å². The quantitative estimate of drug-likeness (QED) is 0.883. The molecule has 2 fully saturated rings. The van der Waals surface area contributed by atoms with E-state index in [1.54, 1.807) is 0 Å². The summed E-state index contributed by atoms with van der Waals surface area (Å²) in [5, 5.41) is 4.92. The smallest absolute Gasteiger partial charge is 0.157 e. The number of benzene rings is 1. The number of aliphatic imine (C=N–C) groups is 1. The van der Waals surface area contributed by atoms with Crippen molar-refractivity contribution in [3.63, 3.8) is 0 Å². The third-order valence-electron chi connectivity index (χ3n) is 4.51. The second kappa shape index (κ2) is 6.21. The van der Waals surface area contributed by atoms with E-state index in [4.69, 9.17) is 4.99 Å². The molecule has 0 amide bonds. The molecule has 1 aromatic rings. The average molecular weight is 288 g/mol. The zero-order valence-electron chi connectivity index (χ0n) is 12.3. The van der Waals surface area contributed by atoms with Gasteiger partial charge >= 0.3 is 0 Å². The molecule has 1 spiro atoms. The van der Waals surface area contributed by atoms with Gasteiger partial charge in [0.15, 0.2) is 5.17 Å². The largest absolute Gasteiger partial charge is 0.359 e. The normalized spacial score (nSPS) is 24.8. The molecular formula is C17H24N2S. The molecule has 0 aromatic heterocycles. The van der Waals surface area contributed by atoms with Crippen molar-refractivity contribution >= 4 is 16.9 Å². The monoisotopic (exact) mass is 288 g/mol. The summed E-state index contributed by atoms with van der Waals surface area (Å²) in [5.74, 6) is 1.21. The van der Waals surface area contributed by atoms with Gasteiger partial charge in [-0.15, -0.1) is 0 Å². The van der Waals surface area contributed by atoms with Crippen molar-refractivity contribution in [3.8, 4) is 0 Å². The molecule has 3 heteroatoms. The predicted octanol–water partition coefficient (Wildman–Crippen LogP) is 4.53. The highest BCUT2D eigenvalue weighted by molar-refractivity contribution is 8.14. The number of hydrogen-bond acceptors (Lipinski definition) is 2. The summed E-state index contributed by atoms with van der Waals surface area (Å²) in [6, 6.07) is 11.0. The standard InChI is InChI=1S/C17H24N2S/c1-2-15(14-9-5-3-6-10-14)18-16-19-17(13-20-16)11-7-4-8-12-17/h3,5-6,9-10,15H,2,4,7-8,11-13H2,1H3,(H,18,19). The number of nitrogens with zero attached hydrogens (tertiary/aromatic N) is 1. The summed E-state index contributed by atoms with van der Waals surface area (Å²) in [4.78, 5) is 4.98. The Morgan fingerprint density at radius 3 is 2.65 bits per heavy atom. The fourth-order valence-electron chi connectivity index (χ4n) is 3.29. The molecule has 1 aliphatic heterocycles. The Kier molecular flexibility index (Phi) is 4.35. The first kappa shape index (κ1) is 14.0. The molecule has 3 rings (SSSR count). The van der Waals surface area contributed by atoms with E-state index in [1.807, 2.05) is 11.8 Å². The number of hydrogen-bond donors (Lipinski definition) is 1. The van der Waals surface area contributed by atoms with Crippen molar-refractivity contribution in [1.82, 2.24) is 5.32 Å². The molecule has 20 heavy (non-hydrogen) atoms. The molecule has 1 aliphatic carbocycles. The van der Waals surface area contributed by atoms with Crippen LogP contribution in [0.1, 0.15) is 57.1 Å². The SMILES string of the molecule is CCC(N=C1NC2(CCCCC2)CS1)c1ccccc1. The van der Waals surface area contributed by atoms with E-state index in [1.165, 1.54) is 48.6 Å². The highest BCUT2D eigenvalue weighted by Gasteiger charge is 2.38. The Labute approximate surface area is 126 Å². The van der Waals surface area contributed by atoms with E-state index in [-0.39, 0.29) is 0 Å². The third kappa shape index (κ3) is 3.03. The van der Waals surface area contributed by atoms with Gasteiger partial charge in [-0.25, -0.2) is 0 Å². The minimum atomic E-state index is 0.296. The summed E-state index contributed by atoms with van der Waals surface area (Å²) in [5.41, 5.74) is 1.69. The number of thioether (sulfide) groups is 1. The van der Waals surface area contributed by atoms with Gasteiger partial charge in [-0.3, -0.25) is 4.99 Å². The van der Waals surface area contributed by atoms with Crippen LogP contribution in [0.15, 0.2) is 35.3 Å². The van der Waals surface area contributed by atoms with Crippen LogP contribution in [0, 0.1) is 0 Å². The summed E-state index contributed by atoms with van der Waals surface area (Å²) >= 11 is 1.92. The van der Waals surface area contributed by atoms with Crippen LogP contribution < -0.4 is 5.32 Å². The molecule has 1 saturated carbocycles. The molecule has 1 aromatic carbocycles. The molecule has 1 heterocycles. The van der Waals surface area contributed by atoms with Crippen LogP contribution in [-0.4, -0.2) is 16.5 Å². The van der Waals surface area contributed by atoms with Crippen LogP contribution in [-0.2, 0) is 0 Å². The van der Waals surface area contributed by atoms with Crippen molar-refractivity contribution < 1.29 is 0 Å². The van der Waals surface area contributed by atoms with E-state index in [9.17, 15) is 0 Å². The highest BCUT2D eigenvalue weighted by atomic mass is 32.2. The fourth-order valence-corrected chi connectivity index (χ4v) is 4.56. The lowest BCUT2D eigenvalue weighted by molar-refractivity contribution is 0.303. The van der Waals surface area contributed by atoms with Gasteiger partial charge < -0.3 is 5.32 Å². The average Bonchev–Trinajstić information content (AvgIpc) is 2.89. The van der Waals surface area contributed by atoms with Crippen molar-refractivity contribution in [2.45, 2.75) is 57.0 Å². The molecule has 2 aliphatic rings. The zero-order chi connectivity index (χ0) is 13.8. The Morgan fingerprint density at radius 2 is 1.95 bits per heavy atom. The lowest BCUT2D eigenvalue weighted by atomic mass is 9.83. The Bertz CT molecular complexity index is 463. The van der Waals surface area contributed by atoms with Crippen molar-refractivity contribution in [3.05, 3.63) is 35.9 Å². The summed E-state index contributed by atoms with van der Waals surface area (Å²) in [6.07, 6.45) is 7.85. The number of amidine groups is 1. The maximum atomic E-state index is 4.98. The van der Waals surface area contributed by atoms with Crippen LogP contribution in [0.25, 0.3) is 0 Å². The van der Waals surface area contributed by atoms with Gasteiger partial charge in [-0.1, -0.05) is 68.3 Å². The van der Waals surface area contributed by atoms with Gasteiger partial charge in [0.05, 0.1) is 6.04 Å². The number of nitrogens with one attached hydrogen (secondary N) is 1. The van der Waals surface area contributed by atoms with Crippen LogP contribution in [0.4, 0.5) is 0 Å². The minimum Gasteiger partial charge on any atom is -0.359 e. The lowest BCUT2D eigenvalue weighted by Gasteiger charge is -2.32. The molecular weight excluding hydrogens is 264 g/mol. The summed E-state index contributed by atoms with van der Waals surface area (Å²) in [6.45, 7) is 2.22. The van der Waals surface area contributed by atoms with Crippen LogP contribution in [0.3, 0.4) is 0 Å². The van der Waals surface area contributed by atoms with Gasteiger partial charge in [0, 0.05) is 11.3 Å². The molecule has 1 saturated heterocycles. The zero-order valence-corrected chi connectivity index (χ0v) is 13.1. The number of rotatable bonds is 3. The van der Waals surface area contributed by atoms with Crippen molar-refractivity contribution in [2.75, 3.05) is 5.75 Å². The maximum Gasteiger partial charge on any atom is 0.157 e. The van der Waals surface area contributed by atoms with E-state index in [2.05, 4.69) is 42.6 Å². The molecule has 0 radical (unpaired) electrons. The molecule has 1 N–H and O–H groups in total. The topological polar surface area (TPSA) is 24.4 Å². The van der Waals surface area contributed by atoms with Crippen molar-refractivity contribution in [1.29, 1.82) is 0 Å². The second-order valence-electron chi connectivity index (χ2n) is 6.02. The lowest BCUT2D eigenvalue weighted by Crippen LogP contribution is -2.45. The van der Waals surface area contributed by atoms with Crippen LogP contribution in [0.5, 0.6) is 0 Å². The first-order chi connectivity index (χ1) is 9.81. The third-order valence-corrected chi connectivity index (χ3v) is 5.69. The van der Waals surface area contributed by atoms with Gasteiger partial charge in [0.25, 0.3) is 0 Å². The fraction of sp³-hybridized carbons (Fsp3) is 0.588. The highest BCUT2D eigenvalue weighted by Crippen LogP contribution is 2.37. The Balaban J connectivity index is 1.72. The molecule has 108 valence electrons. The molecule has 1 unspecified atom stereocenters. The predicted molar refractivity (Wildman–Crippen MR) is 88.3 cm³/mol. The van der Waals surface area contributed by atoms with E-state index in [0.29, 0.717) is 11.6 Å². The van der Waals surface area contributed by atoms with E-state index >= 15 is 0 Å². The maximum absolute atomic E-state index is 4.98. The summed E-state index contributed by atoms with van der Waals surface area (Å²) < 4.78 is 0. The first-order valence-electron chi connectivity index (χ1n) is 7.85. The van der Waals surface area contributed by atoms with Crippen molar-refractivity contribution in [2.24, 2.45) is 4.99 Å². The van der Waals surface area contributed by atoms with Gasteiger partial charge in [-0.2, -0.15) is 0 Å². The molecule has 1 atom stereocenters. The minimum absolute atomic E-state index is 0.296. The van der Waals surface area contributed by atoms with Crippen LogP contribution >= 0.6 is 11.8 Å². The van der Waals surface area contributed by atoms with Gasteiger partial charge in [0.2, 0.25) is 0 Å². The summed E-state index contributed by atoms with van der Waals surface area (Å²) in [7, 11) is 0.